The maximum absolute atomic E-state index is 13.3. The van der Waals surface area contributed by atoms with Crippen molar-refractivity contribution in [2.45, 2.75) is 51.4 Å². The first-order valence-corrected chi connectivity index (χ1v) is 28.0. The molecule has 2 saturated heterocycles. The number of para-hydroxylation sites is 2. The maximum Gasteiger partial charge on any atom is 0.303 e. The maximum atomic E-state index is 13.3. The summed E-state index contributed by atoms with van der Waals surface area (Å²) in [4.78, 5) is 89.0. The fraction of sp³-hybridized carbons (Fsp3) is 0.323. The van der Waals surface area contributed by atoms with Crippen LogP contribution in [0.25, 0.3) is 33.6 Å². The van der Waals surface area contributed by atoms with Crippen LogP contribution in [-0.2, 0) is 46.1 Å². The summed E-state index contributed by atoms with van der Waals surface area (Å²) in [7, 11) is 7.89. The number of hydrogen-bond donors (Lipinski definition) is 4. The van der Waals surface area contributed by atoms with Gasteiger partial charge in [-0.25, -0.2) is 9.97 Å². The lowest BCUT2D eigenvalue weighted by Crippen LogP contribution is -2.47. The van der Waals surface area contributed by atoms with Gasteiger partial charge in [-0.15, -0.1) is 0 Å². The minimum atomic E-state index is -1.08. The van der Waals surface area contributed by atoms with Gasteiger partial charge in [0.1, 0.15) is 0 Å². The van der Waals surface area contributed by atoms with Crippen molar-refractivity contribution in [1.29, 1.82) is 0 Å². The first-order valence-electron chi connectivity index (χ1n) is 28.0. The molecule has 0 bridgehead atoms. The number of amides is 4. The van der Waals surface area contributed by atoms with Gasteiger partial charge in [0.15, 0.2) is 0 Å². The highest BCUT2D eigenvalue weighted by Crippen LogP contribution is 2.25. The monoisotopic (exact) mass is 1140 g/mol. The number of piperazine rings is 2. The zero-order valence-corrected chi connectivity index (χ0v) is 47.9. The lowest BCUT2D eigenvalue weighted by Gasteiger charge is -2.32. The third-order valence-electron chi connectivity index (χ3n) is 14.3. The Hall–Kier alpha value is -9.54. The van der Waals surface area contributed by atoms with Crippen LogP contribution in [0.5, 0.6) is 0 Å². The largest absolute Gasteiger partial charge is 0.481 e. The summed E-state index contributed by atoms with van der Waals surface area (Å²) in [5.74, 6) is -1.34. The van der Waals surface area contributed by atoms with Crippen LogP contribution in [0.15, 0.2) is 146 Å². The molecule has 4 aromatic carbocycles. The van der Waals surface area contributed by atoms with Crippen molar-refractivity contribution in [2.75, 3.05) is 77.1 Å². The van der Waals surface area contributed by atoms with Crippen molar-refractivity contribution in [1.82, 2.24) is 58.3 Å². The quantitative estimate of drug-likeness (QED) is 0.0626. The van der Waals surface area contributed by atoms with Gasteiger partial charge in [0.05, 0.1) is 36.6 Å². The number of nitrogens with one attached hydrogen (secondary N) is 2. The predicted molar refractivity (Wildman–Crippen MR) is 319 cm³/mol. The van der Waals surface area contributed by atoms with Gasteiger partial charge in [0, 0.05) is 138 Å². The molecule has 0 aliphatic carbocycles. The van der Waals surface area contributed by atoms with Crippen LogP contribution in [-0.4, -0.2) is 170 Å². The van der Waals surface area contributed by atoms with Crippen LogP contribution in [0.2, 0.25) is 0 Å². The molecule has 0 atom stereocenters. The fourth-order valence-electron chi connectivity index (χ4n) is 9.50. The minimum absolute atomic E-state index is 0.197. The van der Waals surface area contributed by atoms with Crippen LogP contribution < -0.4 is 10.6 Å². The van der Waals surface area contributed by atoms with Crippen LogP contribution in [0.4, 0.5) is 11.9 Å². The highest BCUT2D eigenvalue weighted by molar-refractivity contribution is 6.05. The van der Waals surface area contributed by atoms with Crippen molar-refractivity contribution in [3.8, 4) is 33.6 Å². The number of imidazole rings is 2. The number of carbonyl (C=O) groups excluding carboxylic acids is 4. The molecule has 0 radical (unpaired) electrons. The Morgan fingerprint density at radius 2 is 0.833 bits per heavy atom. The van der Waals surface area contributed by atoms with Gasteiger partial charge >= 0.3 is 11.9 Å². The van der Waals surface area contributed by atoms with Crippen molar-refractivity contribution in [2.24, 2.45) is 14.1 Å². The van der Waals surface area contributed by atoms with Gasteiger partial charge < -0.3 is 29.8 Å². The molecule has 4 aromatic heterocycles. The second-order valence-electron chi connectivity index (χ2n) is 20.8. The number of aromatic nitrogens is 8. The van der Waals surface area contributed by atoms with E-state index in [1.165, 1.54) is 0 Å². The first-order chi connectivity index (χ1) is 40.5. The molecule has 2 aliphatic heterocycles. The number of hydrogen-bond acceptors (Lipinski definition) is 12. The highest BCUT2D eigenvalue weighted by atomic mass is 16.4. The molecule has 6 heterocycles. The standard InChI is InChI=1S/2C29H33N7O2.C4H6O4/c2*1-33-14-16-35(17-15-33)27(37)13-7-10-25-21-36(26-11-4-3-5-12-26)29(31-25)32-28(38)23-9-6-8-22(18-23)24-19-30-34(2)20-24;5-3(6)1-2-4(7)8/h2*3-6,8-9,11-12,18-21H,7,10,13-17H2,1-2H3,(H,31,32,38);1-2H2,(H,5,6)(H,7,8). The van der Waals surface area contributed by atoms with E-state index < -0.39 is 11.9 Å². The average Bonchev–Trinajstić information content (AvgIpc) is 4.42. The molecule has 0 saturated carbocycles. The SMILES string of the molecule is CN1CCN(C(=O)CCCc2cn(-c3ccccc3)c(NC(=O)c3cccc(-c4cnn(C)c4)c3)n2)CC1.CN1CCN(C(=O)CCCc2cn(-c3ccccc3)c(NC(=O)c3cccc(-c4cnn(C)c4)c3)n2)CC1.O=C(O)CCC(=O)O. The van der Waals surface area contributed by atoms with Crippen LogP contribution >= 0.6 is 0 Å². The second kappa shape index (κ2) is 29.4. The van der Waals surface area contributed by atoms with E-state index in [-0.39, 0.29) is 36.5 Å². The van der Waals surface area contributed by atoms with E-state index in [0.29, 0.717) is 61.5 Å². The van der Waals surface area contributed by atoms with Gasteiger partial charge in [-0.1, -0.05) is 60.7 Å². The summed E-state index contributed by atoms with van der Waals surface area (Å²) in [6, 6.07) is 34.5. The number of anilines is 2. The third kappa shape index (κ3) is 17.5. The smallest absolute Gasteiger partial charge is 0.303 e. The summed E-state index contributed by atoms with van der Waals surface area (Å²) in [5.41, 5.74) is 8.27. The van der Waals surface area contributed by atoms with Gasteiger partial charge in [-0.2, -0.15) is 10.2 Å². The number of carboxylic acids is 2. The number of benzene rings is 4. The summed E-state index contributed by atoms with van der Waals surface area (Å²) >= 11 is 0. The van der Waals surface area contributed by atoms with Crippen molar-refractivity contribution < 1.29 is 39.0 Å². The van der Waals surface area contributed by atoms with Gasteiger partial charge in [0.25, 0.3) is 11.8 Å². The second-order valence-corrected chi connectivity index (χ2v) is 20.8. The molecule has 4 N–H and O–H groups in total. The Balaban J connectivity index is 0.000000194. The molecule has 0 unspecified atom stereocenters. The Labute approximate surface area is 488 Å². The van der Waals surface area contributed by atoms with E-state index in [1.807, 2.05) is 155 Å². The number of aryl methyl sites for hydroxylation is 4. The van der Waals surface area contributed by atoms with Crippen LogP contribution in [0, 0.1) is 0 Å². The summed E-state index contributed by atoms with van der Waals surface area (Å²) < 4.78 is 7.25. The zero-order chi connectivity index (χ0) is 59.5. The summed E-state index contributed by atoms with van der Waals surface area (Å²) in [5, 5.41) is 30.2. The van der Waals surface area contributed by atoms with Crippen LogP contribution in [0.3, 0.4) is 0 Å². The highest BCUT2D eigenvalue weighted by Gasteiger charge is 2.22. The van der Waals surface area contributed by atoms with Crippen LogP contribution in [0.1, 0.15) is 70.6 Å². The van der Waals surface area contributed by atoms with E-state index in [9.17, 15) is 28.8 Å². The number of rotatable bonds is 19. The Morgan fingerprint density at radius 3 is 1.18 bits per heavy atom. The third-order valence-corrected chi connectivity index (χ3v) is 14.3. The molecule has 84 heavy (non-hydrogen) atoms. The van der Waals surface area contributed by atoms with E-state index in [0.717, 1.165) is 97.4 Å². The van der Waals surface area contributed by atoms with Gasteiger partial charge in [-0.3, -0.25) is 57.9 Å². The molecule has 10 rings (SSSR count). The first kappa shape index (κ1) is 60.6. The summed E-state index contributed by atoms with van der Waals surface area (Å²) in [6.45, 7) is 6.82. The fourth-order valence-corrected chi connectivity index (χ4v) is 9.50. The van der Waals surface area contributed by atoms with Crippen molar-refractivity contribution >= 4 is 47.5 Å². The van der Waals surface area contributed by atoms with Crippen molar-refractivity contribution in [3.05, 3.63) is 169 Å². The Kier molecular flexibility index (Phi) is 21.2. The number of aliphatic carboxylic acids is 2. The van der Waals surface area contributed by atoms with Crippen molar-refractivity contribution in [3.63, 3.8) is 0 Å². The number of carboxylic acid groups (broad SMARTS) is 2. The summed E-state index contributed by atoms with van der Waals surface area (Å²) in [6.07, 6.45) is 14.4. The minimum Gasteiger partial charge on any atom is -0.481 e. The van der Waals surface area contributed by atoms with Gasteiger partial charge in [-0.05, 0) is 99.4 Å². The normalized spacial score (nSPS) is 13.5. The zero-order valence-electron chi connectivity index (χ0n) is 47.9. The molecule has 4 amide bonds. The predicted octanol–water partition coefficient (Wildman–Crippen LogP) is 7.18. The molecule has 2 aliphatic rings. The number of likely N-dealkylation sites (N-methyl/N-ethyl adjacent to an activating group) is 2. The molecule has 8 aromatic rings. The topological polar surface area (TPSA) is 251 Å². The van der Waals surface area contributed by atoms with E-state index in [4.69, 9.17) is 20.2 Å². The lowest BCUT2D eigenvalue weighted by molar-refractivity contribution is -0.143. The molecule has 0 spiro atoms. The average molecular weight is 1140 g/mol. The number of carbonyl (C=O) groups is 6. The molecular formula is C62H72N14O8. The lowest BCUT2D eigenvalue weighted by atomic mass is 10.1. The molecule has 2 fully saturated rings. The molecule has 22 nitrogen and oxygen atoms in total. The molecular weight excluding hydrogens is 1070 g/mol. The van der Waals surface area contributed by atoms with E-state index >= 15 is 0 Å². The number of nitrogens with zero attached hydrogens (tertiary/aromatic N) is 12. The Bertz CT molecular complexity index is 3270. The Morgan fingerprint density at radius 1 is 0.452 bits per heavy atom. The van der Waals surface area contributed by atoms with Gasteiger partial charge in [0.2, 0.25) is 23.7 Å². The van der Waals surface area contributed by atoms with E-state index in [2.05, 4.69) is 44.7 Å². The van der Waals surface area contributed by atoms with E-state index in [1.54, 1.807) is 33.9 Å². The molecule has 438 valence electrons. The molecule has 22 heteroatoms.